The molecule has 5 rings (SSSR count). The van der Waals surface area contributed by atoms with E-state index in [1.165, 1.54) is 40.8 Å². The van der Waals surface area contributed by atoms with Crippen LogP contribution in [-0.2, 0) is 14.8 Å². The summed E-state index contributed by atoms with van der Waals surface area (Å²) in [4.78, 5) is 17.0. The highest BCUT2D eigenvalue weighted by Gasteiger charge is 2.16. The average molecular weight is 513 g/mol. The number of nitrogens with one attached hydrogen (secondary N) is 1. The van der Waals surface area contributed by atoms with Gasteiger partial charge in [0.1, 0.15) is 0 Å². The lowest BCUT2D eigenvalue weighted by Crippen LogP contribution is -2.14. The van der Waals surface area contributed by atoms with E-state index in [1.54, 1.807) is 6.07 Å². The van der Waals surface area contributed by atoms with E-state index in [0.717, 1.165) is 27.7 Å². The van der Waals surface area contributed by atoms with Gasteiger partial charge in [-0.15, -0.1) is 10.2 Å². The van der Waals surface area contributed by atoms with Crippen LogP contribution in [0.3, 0.4) is 0 Å². The monoisotopic (exact) mass is 512 g/mol. The zero-order valence-corrected chi connectivity index (χ0v) is 20.9. The topological polar surface area (TPSA) is 132 Å². The summed E-state index contributed by atoms with van der Waals surface area (Å²) in [6.45, 7) is 6.18. The van der Waals surface area contributed by atoms with Crippen molar-refractivity contribution in [2.75, 3.05) is 11.1 Å². The second kappa shape index (κ2) is 8.31. The molecule has 0 bridgehead atoms. The van der Waals surface area contributed by atoms with Crippen molar-refractivity contribution in [3.05, 3.63) is 53.1 Å². The fourth-order valence-electron chi connectivity index (χ4n) is 3.93. The predicted molar refractivity (Wildman–Crippen MR) is 135 cm³/mol. The number of benzene rings is 2. The van der Waals surface area contributed by atoms with E-state index < -0.39 is 10.0 Å². The number of aromatic nitrogens is 4. The van der Waals surface area contributed by atoms with Crippen molar-refractivity contribution < 1.29 is 13.2 Å². The van der Waals surface area contributed by atoms with Crippen LogP contribution in [0.1, 0.15) is 16.7 Å². The van der Waals surface area contributed by atoms with Crippen LogP contribution in [0.2, 0.25) is 0 Å². The number of carbonyl (C=O) groups excluding carboxylic acids is 1. The Morgan fingerprint density at radius 2 is 1.91 bits per heavy atom. The molecule has 0 aliphatic rings. The average Bonchev–Trinajstić information content (AvgIpc) is 3.34. The second-order valence-corrected chi connectivity index (χ2v) is 11.5. The number of primary sulfonamides is 1. The minimum absolute atomic E-state index is 0.00344. The number of aryl methyl sites for hydroxylation is 3. The number of thioether (sulfide) groups is 1. The van der Waals surface area contributed by atoms with E-state index in [1.807, 2.05) is 10.5 Å². The molecule has 0 aliphatic carbocycles. The third kappa shape index (κ3) is 4.13. The first-order chi connectivity index (χ1) is 16.1. The number of sulfonamides is 1. The Labute approximate surface area is 203 Å². The Hall–Kier alpha value is -3.06. The van der Waals surface area contributed by atoms with E-state index in [9.17, 15) is 13.2 Å². The fraction of sp³-hybridized carbons (Fsp3) is 0.182. The Morgan fingerprint density at radius 3 is 2.68 bits per heavy atom. The van der Waals surface area contributed by atoms with Crippen molar-refractivity contribution >= 4 is 70.9 Å². The number of rotatable bonds is 5. The standard InChI is InChI=1S/C22H20N6O3S3/c1-11-6-13(3)20-15(7-11)12(2)8-18-26-27-22(28(18)20)32-10-19(29)25-21-24-16-5-4-14(34(23,30)31)9-17(16)33-21/h4-9H,10H2,1-3H3,(H2,23,30,31)(H,24,25,29). The maximum absolute atomic E-state index is 12.6. The van der Waals surface area contributed by atoms with Crippen molar-refractivity contribution in [2.45, 2.75) is 30.8 Å². The van der Waals surface area contributed by atoms with E-state index in [2.05, 4.69) is 53.4 Å². The first kappa shape index (κ1) is 22.7. The minimum atomic E-state index is -3.81. The van der Waals surface area contributed by atoms with E-state index in [-0.39, 0.29) is 16.6 Å². The van der Waals surface area contributed by atoms with Crippen LogP contribution in [0, 0.1) is 20.8 Å². The van der Waals surface area contributed by atoms with Crippen LogP contribution in [0.5, 0.6) is 0 Å². The third-order valence-electron chi connectivity index (χ3n) is 5.36. The molecule has 3 aromatic heterocycles. The number of anilines is 1. The van der Waals surface area contributed by atoms with Crippen molar-refractivity contribution in [1.29, 1.82) is 0 Å². The molecule has 12 heteroatoms. The summed E-state index contributed by atoms with van der Waals surface area (Å²) in [7, 11) is -3.81. The number of amides is 1. The zero-order chi connectivity index (χ0) is 24.2. The summed E-state index contributed by atoms with van der Waals surface area (Å²) < 4.78 is 25.7. The molecule has 0 fully saturated rings. The quantitative estimate of drug-likeness (QED) is 0.342. The molecule has 0 saturated carbocycles. The largest absolute Gasteiger partial charge is 0.301 e. The van der Waals surface area contributed by atoms with Crippen LogP contribution in [0.4, 0.5) is 5.13 Å². The van der Waals surface area contributed by atoms with Gasteiger partial charge in [0.15, 0.2) is 15.9 Å². The number of nitrogens with two attached hydrogens (primary N) is 1. The van der Waals surface area contributed by atoms with Crippen molar-refractivity contribution in [2.24, 2.45) is 5.14 Å². The molecular formula is C22H20N6O3S3. The molecule has 5 aromatic rings. The highest BCUT2D eigenvalue weighted by Crippen LogP contribution is 2.30. The van der Waals surface area contributed by atoms with E-state index in [4.69, 9.17) is 5.14 Å². The maximum Gasteiger partial charge on any atom is 0.238 e. The van der Waals surface area contributed by atoms with Gasteiger partial charge in [-0.1, -0.05) is 34.7 Å². The van der Waals surface area contributed by atoms with Gasteiger partial charge in [0.25, 0.3) is 0 Å². The van der Waals surface area contributed by atoms with Gasteiger partial charge in [-0.25, -0.2) is 18.5 Å². The fourth-order valence-corrected chi connectivity index (χ4v) is 6.21. The van der Waals surface area contributed by atoms with Gasteiger partial charge in [0, 0.05) is 5.39 Å². The molecule has 0 aliphatic heterocycles. The molecule has 2 aromatic carbocycles. The highest BCUT2D eigenvalue weighted by molar-refractivity contribution is 7.99. The molecule has 0 radical (unpaired) electrons. The number of hydrogen-bond donors (Lipinski definition) is 2. The Kier molecular flexibility index (Phi) is 5.55. The van der Waals surface area contributed by atoms with Crippen LogP contribution >= 0.6 is 23.1 Å². The van der Waals surface area contributed by atoms with Crippen molar-refractivity contribution in [3.8, 4) is 0 Å². The zero-order valence-electron chi connectivity index (χ0n) is 18.5. The lowest BCUT2D eigenvalue weighted by molar-refractivity contribution is -0.113. The number of fused-ring (bicyclic) bond motifs is 4. The predicted octanol–water partition coefficient (Wildman–Crippen LogP) is 3.80. The molecule has 1 amide bonds. The Bertz CT molecular complexity index is 1720. The minimum Gasteiger partial charge on any atom is -0.301 e. The molecule has 3 N–H and O–H groups in total. The summed E-state index contributed by atoms with van der Waals surface area (Å²) >= 11 is 2.47. The molecule has 34 heavy (non-hydrogen) atoms. The molecular weight excluding hydrogens is 492 g/mol. The van der Waals surface area contributed by atoms with Crippen molar-refractivity contribution in [3.63, 3.8) is 0 Å². The lowest BCUT2D eigenvalue weighted by Gasteiger charge is -2.11. The van der Waals surface area contributed by atoms with Crippen LogP contribution in [0.15, 0.2) is 46.5 Å². The summed E-state index contributed by atoms with van der Waals surface area (Å²) in [5.41, 5.74) is 5.76. The maximum atomic E-state index is 12.6. The molecule has 0 unspecified atom stereocenters. The van der Waals surface area contributed by atoms with Gasteiger partial charge in [-0.3, -0.25) is 9.20 Å². The molecule has 174 valence electrons. The van der Waals surface area contributed by atoms with Crippen LogP contribution < -0.4 is 10.5 Å². The molecule has 0 atom stereocenters. The van der Waals surface area contributed by atoms with Gasteiger partial charge in [0.2, 0.25) is 15.9 Å². The van der Waals surface area contributed by atoms with E-state index in [0.29, 0.717) is 20.5 Å². The second-order valence-electron chi connectivity index (χ2n) is 8.01. The van der Waals surface area contributed by atoms with Crippen LogP contribution in [0.25, 0.3) is 26.8 Å². The number of hydrogen-bond acceptors (Lipinski definition) is 8. The first-order valence-corrected chi connectivity index (χ1v) is 13.6. The Balaban J connectivity index is 1.39. The smallest absolute Gasteiger partial charge is 0.238 e. The molecule has 0 saturated heterocycles. The lowest BCUT2D eigenvalue weighted by atomic mass is 10.0. The van der Waals surface area contributed by atoms with Crippen LogP contribution in [-0.4, -0.2) is 39.7 Å². The summed E-state index contributed by atoms with van der Waals surface area (Å²) in [6.07, 6.45) is 0. The van der Waals surface area contributed by atoms with Gasteiger partial charge < -0.3 is 5.32 Å². The number of pyridine rings is 1. The molecule has 0 spiro atoms. The summed E-state index contributed by atoms with van der Waals surface area (Å²) in [5, 5.41) is 18.7. The first-order valence-electron chi connectivity index (χ1n) is 10.2. The number of thiazole rings is 1. The SMILES string of the molecule is Cc1cc(C)c2c(c1)c(C)cc1nnc(SCC(=O)Nc3nc4ccc(S(N)(=O)=O)cc4s3)n12. The van der Waals surface area contributed by atoms with Gasteiger partial charge in [-0.05, 0) is 62.2 Å². The number of carbonyl (C=O) groups is 1. The normalized spacial score (nSPS) is 12.1. The Morgan fingerprint density at radius 1 is 1.12 bits per heavy atom. The molecule has 3 heterocycles. The van der Waals surface area contributed by atoms with E-state index >= 15 is 0 Å². The highest BCUT2D eigenvalue weighted by atomic mass is 32.2. The van der Waals surface area contributed by atoms with Gasteiger partial charge in [0.05, 0.1) is 26.4 Å². The van der Waals surface area contributed by atoms with Gasteiger partial charge >= 0.3 is 0 Å². The summed E-state index contributed by atoms with van der Waals surface area (Å²) in [6, 6.07) is 10.7. The number of nitrogens with zero attached hydrogens (tertiary/aromatic N) is 4. The molecule has 9 nitrogen and oxygen atoms in total. The van der Waals surface area contributed by atoms with Gasteiger partial charge in [-0.2, -0.15) is 0 Å². The van der Waals surface area contributed by atoms with Crippen molar-refractivity contribution in [1.82, 2.24) is 19.6 Å². The summed E-state index contributed by atoms with van der Waals surface area (Å²) in [5.74, 6) is -0.143. The third-order valence-corrected chi connectivity index (χ3v) is 8.14.